The van der Waals surface area contributed by atoms with Crippen molar-refractivity contribution in [3.8, 4) is 0 Å². The van der Waals surface area contributed by atoms with Gasteiger partial charge < -0.3 is 5.32 Å². The van der Waals surface area contributed by atoms with Crippen LogP contribution in [-0.2, 0) is 16.0 Å². The predicted molar refractivity (Wildman–Crippen MR) is 100 cm³/mol. The number of carbonyl (C=O) groups is 3. The van der Waals surface area contributed by atoms with E-state index in [2.05, 4.69) is 17.7 Å². The Morgan fingerprint density at radius 1 is 1.12 bits per heavy atom. The van der Waals surface area contributed by atoms with Crippen LogP contribution in [0.2, 0.25) is 0 Å². The molecule has 0 saturated carbocycles. The van der Waals surface area contributed by atoms with Gasteiger partial charge in [0.25, 0.3) is 5.91 Å². The van der Waals surface area contributed by atoms with Gasteiger partial charge in [-0.3, -0.25) is 15.0 Å². The lowest BCUT2D eigenvalue weighted by Crippen LogP contribution is -2.48. The maximum absolute atomic E-state index is 12.6. The Hall–Kier alpha value is -2.37. The zero-order valence-electron chi connectivity index (χ0n) is 15.7. The predicted octanol–water partition coefficient (Wildman–Crippen LogP) is 3.32. The molecular formula is C20H29N3O3. The normalized spacial score (nSPS) is 19.5. The first-order chi connectivity index (χ1) is 12.5. The van der Waals surface area contributed by atoms with Gasteiger partial charge in [-0.05, 0) is 31.7 Å². The number of nitrogens with zero attached hydrogens (tertiary/aromatic N) is 1. The first-order valence-electron chi connectivity index (χ1n) is 9.46. The van der Waals surface area contributed by atoms with Crippen molar-refractivity contribution >= 4 is 17.8 Å². The molecule has 1 aromatic rings. The van der Waals surface area contributed by atoms with Crippen LogP contribution in [0.3, 0.4) is 0 Å². The molecule has 0 radical (unpaired) electrons. The van der Waals surface area contributed by atoms with Crippen LogP contribution in [0.15, 0.2) is 30.3 Å². The summed E-state index contributed by atoms with van der Waals surface area (Å²) >= 11 is 0. The van der Waals surface area contributed by atoms with E-state index in [1.165, 1.54) is 0 Å². The third-order valence-electron chi connectivity index (χ3n) is 4.76. The summed E-state index contributed by atoms with van der Waals surface area (Å²) in [5, 5.41) is 3.55. The quantitative estimate of drug-likeness (QED) is 0.497. The molecule has 4 amide bonds. The fraction of sp³-hybridized carbons (Fsp3) is 0.550. The average Bonchev–Trinajstić information content (AvgIpc) is 2.84. The number of rotatable bonds is 10. The molecule has 6 nitrogen and oxygen atoms in total. The summed E-state index contributed by atoms with van der Waals surface area (Å²) in [4.78, 5) is 36.8. The molecular weight excluding hydrogens is 330 g/mol. The van der Waals surface area contributed by atoms with Gasteiger partial charge in [0.05, 0.1) is 0 Å². The number of aryl methyl sites for hydroxylation is 1. The molecule has 1 fully saturated rings. The number of hydrogen-bond donors (Lipinski definition) is 2. The van der Waals surface area contributed by atoms with E-state index >= 15 is 0 Å². The zero-order valence-corrected chi connectivity index (χ0v) is 15.7. The average molecular weight is 359 g/mol. The topological polar surface area (TPSA) is 78.5 Å². The van der Waals surface area contributed by atoms with Crippen molar-refractivity contribution in [2.45, 2.75) is 70.8 Å². The summed E-state index contributed by atoms with van der Waals surface area (Å²) in [6.45, 7) is 3.84. The van der Waals surface area contributed by atoms with E-state index in [0.29, 0.717) is 19.3 Å². The van der Waals surface area contributed by atoms with Crippen LogP contribution in [0, 0.1) is 0 Å². The standard InChI is InChI=1S/C20H29N3O3/c1-3-4-5-6-10-13-17(24)22-23-18(25)20(2,21-19(23)26)15-14-16-11-8-7-9-12-16/h7-9,11-12H,3-6,10,13-15H2,1-2H3,(H,21,26)(H,22,24). The first-order valence-corrected chi connectivity index (χ1v) is 9.46. The number of urea groups is 1. The molecule has 142 valence electrons. The highest BCUT2D eigenvalue weighted by Gasteiger charge is 2.48. The monoisotopic (exact) mass is 359 g/mol. The fourth-order valence-corrected chi connectivity index (χ4v) is 3.06. The fourth-order valence-electron chi connectivity index (χ4n) is 3.06. The molecule has 1 aliphatic heterocycles. The summed E-state index contributed by atoms with van der Waals surface area (Å²) in [5.74, 6) is -0.699. The van der Waals surface area contributed by atoms with E-state index in [1.54, 1.807) is 6.92 Å². The van der Waals surface area contributed by atoms with Crippen molar-refractivity contribution in [1.29, 1.82) is 0 Å². The molecule has 1 saturated heterocycles. The van der Waals surface area contributed by atoms with E-state index in [0.717, 1.165) is 42.7 Å². The van der Waals surface area contributed by atoms with Gasteiger partial charge in [0.1, 0.15) is 5.54 Å². The van der Waals surface area contributed by atoms with Crippen molar-refractivity contribution in [2.75, 3.05) is 0 Å². The summed E-state index contributed by atoms with van der Waals surface area (Å²) in [7, 11) is 0. The Labute approximate surface area is 155 Å². The molecule has 1 aliphatic rings. The first kappa shape index (κ1) is 19.9. The molecule has 2 N–H and O–H groups in total. The molecule has 1 heterocycles. The molecule has 6 heteroatoms. The van der Waals surface area contributed by atoms with Crippen molar-refractivity contribution in [3.05, 3.63) is 35.9 Å². The molecule has 0 spiro atoms. The lowest BCUT2D eigenvalue weighted by molar-refractivity contribution is -0.138. The Morgan fingerprint density at radius 2 is 1.81 bits per heavy atom. The van der Waals surface area contributed by atoms with Gasteiger partial charge in [0, 0.05) is 6.42 Å². The minimum absolute atomic E-state index is 0.294. The number of unbranched alkanes of at least 4 members (excludes halogenated alkanes) is 4. The number of imide groups is 1. The molecule has 1 atom stereocenters. The van der Waals surface area contributed by atoms with Crippen LogP contribution in [0.4, 0.5) is 4.79 Å². The van der Waals surface area contributed by atoms with Crippen molar-refractivity contribution in [2.24, 2.45) is 0 Å². The van der Waals surface area contributed by atoms with Crippen LogP contribution >= 0.6 is 0 Å². The molecule has 1 aromatic carbocycles. The molecule has 1 unspecified atom stereocenters. The third kappa shape index (κ3) is 5.31. The highest BCUT2D eigenvalue weighted by atomic mass is 16.2. The van der Waals surface area contributed by atoms with E-state index < -0.39 is 17.5 Å². The molecule has 0 aromatic heterocycles. The number of hydrazine groups is 1. The van der Waals surface area contributed by atoms with Gasteiger partial charge >= 0.3 is 6.03 Å². The SMILES string of the molecule is CCCCCCCC(=O)NN1C(=O)NC(C)(CCc2ccccc2)C1=O. The van der Waals surface area contributed by atoms with Crippen molar-refractivity contribution < 1.29 is 14.4 Å². The number of amides is 4. The van der Waals surface area contributed by atoms with Gasteiger partial charge in [-0.25, -0.2) is 4.79 Å². The highest BCUT2D eigenvalue weighted by molar-refractivity contribution is 6.07. The minimum atomic E-state index is -0.999. The number of nitrogens with one attached hydrogen (secondary N) is 2. The van der Waals surface area contributed by atoms with Gasteiger partial charge in [-0.1, -0.05) is 62.9 Å². The smallest absolute Gasteiger partial charge is 0.322 e. The summed E-state index contributed by atoms with van der Waals surface area (Å²) in [5.41, 5.74) is 2.56. The van der Waals surface area contributed by atoms with Crippen molar-refractivity contribution in [1.82, 2.24) is 15.8 Å². The van der Waals surface area contributed by atoms with Gasteiger partial charge in [-0.2, -0.15) is 5.01 Å². The highest BCUT2D eigenvalue weighted by Crippen LogP contribution is 2.22. The van der Waals surface area contributed by atoms with Gasteiger partial charge in [0.15, 0.2) is 0 Å². The third-order valence-corrected chi connectivity index (χ3v) is 4.76. The van der Waals surface area contributed by atoms with E-state index in [9.17, 15) is 14.4 Å². The van der Waals surface area contributed by atoms with Crippen LogP contribution in [0.1, 0.15) is 64.4 Å². The Bertz CT molecular complexity index is 632. The maximum Gasteiger partial charge on any atom is 0.344 e. The number of carbonyl (C=O) groups excluding carboxylic acids is 3. The van der Waals surface area contributed by atoms with Crippen LogP contribution in [0.25, 0.3) is 0 Å². The van der Waals surface area contributed by atoms with Crippen LogP contribution in [0.5, 0.6) is 0 Å². The van der Waals surface area contributed by atoms with E-state index in [4.69, 9.17) is 0 Å². The van der Waals surface area contributed by atoms with Gasteiger partial charge in [0.2, 0.25) is 5.91 Å². The van der Waals surface area contributed by atoms with E-state index in [-0.39, 0.29) is 5.91 Å². The molecule has 0 bridgehead atoms. The number of benzene rings is 1. The lowest BCUT2D eigenvalue weighted by Gasteiger charge is -2.21. The molecule has 26 heavy (non-hydrogen) atoms. The second kappa shape index (κ2) is 9.36. The maximum atomic E-state index is 12.6. The number of hydrogen-bond acceptors (Lipinski definition) is 3. The van der Waals surface area contributed by atoms with E-state index in [1.807, 2.05) is 30.3 Å². The molecule has 2 rings (SSSR count). The Balaban J connectivity index is 1.84. The lowest BCUT2D eigenvalue weighted by atomic mass is 9.93. The zero-order chi connectivity index (χ0) is 19.0. The van der Waals surface area contributed by atoms with Crippen LogP contribution < -0.4 is 10.7 Å². The Morgan fingerprint density at radius 3 is 2.50 bits per heavy atom. The largest absolute Gasteiger partial charge is 0.344 e. The molecule has 0 aliphatic carbocycles. The van der Waals surface area contributed by atoms with Gasteiger partial charge in [-0.15, -0.1) is 0 Å². The second-order valence-corrected chi connectivity index (χ2v) is 7.09. The van der Waals surface area contributed by atoms with Crippen LogP contribution in [-0.4, -0.2) is 28.4 Å². The summed E-state index contributed by atoms with van der Waals surface area (Å²) < 4.78 is 0. The summed E-state index contributed by atoms with van der Waals surface area (Å²) in [6.07, 6.45) is 6.63. The van der Waals surface area contributed by atoms with Crippen molar-refractivity contribution in [3.63, 3.8) is 0 Å². The Kier molecular flexibility index (Phi) is 7.18. The second-order valence-electron chi connectivity index (χ2n) is 7.09. The summed E-state index contributed by atoms with van der Waals surface area (Å²) in [6, 6.07) is 9.24. The minimum Gasteiger partial charge on any atom is -0.322 e.